The van der Waals surface area contributed by atoms with E-state index in [2.05, 4.69) is 46.7 Å². The maximum atomic E-state index is 12.4. The number of amides is 1. The highest BCUT2D eigenvalue weighted by atomic mass is 16.5. The van der Waals surface area contributed by atoms with Crippen molar-refractivity contribution in [3.63, 3.8) is 0 Å². The molecule has 1 aliphatic rings. The van der Waals surface area contributed by atoms with Crippen molar-refractivity contribution in [2.75, 3.05) is 32.8 Å². The molecule has 1 fully saturated rings. The van der Waals surface area contributed by atoms with Crippen LogP contribution in [0, 0.1) is 12.8 Å². The highest BCUT2D eigenvalue weighted by Gasteiger charge is 2.18. The minimum Gasteiger partial charge on any atom is -0.431 e. The van der Waals surface area contributed by atoms with Gasteiger partial charge in [0.05, 0.1) is 31.6 Å². The molecule has 1 aromatic carbocycles. The van der Waals surface area contributed by atoms with E-state index in [0.29, 0.717) is 11.8 Å². The quantitative estimate of drug-likeness (QED) is 0.563. The van der Waals surface area contributed by atoms with E-state index in [1.165, 1.54) is 6.20 Å². The van der Waals surface area contributed by atoms with E-state index in [4.69, 9.17) is 14.3 Å². The van der Waals surface area contributed by atoms with Crippen LogP contribution in [0.2, 0.25) is 0 Å². The van der Waals surface area contributed by atoms with Crippen LogP contribution in [0.25, 0.3) is 22.7 Å². The van der Waals surface area contributed by atoms with Gasteiger partial charge in [0.1, 0.15) is 0 Å². The van der Waals surface area contributed by atoms with E-state index in [9.17, 15) is 4.79 Å². The fourth-order valence-electron chi connectivity index (χ4n) is 3.71. The lowest BCUT2D eigenvalue weighted by Gasteiger charge is -2.26. The summed E-state index contributed by atoms with van der Waals surface area (Å²) < 4.78 is 13.3. The Hall–Kier alpha value is -2.97. The number of ether oxygens (including phenoxy) is 1. The Morgan fingerprint density at radius 1 is 1.12 bits per heavy atom. The monoisotopic (exact) mass is 451 g/mol. The molecule has 8 heteroatoms. The van der Waals surface area contributed by atoms with Gasteiger partial charge in [0.15, 0.2) is 0 Å². The summed E-state index contributed by atoms with van der Waals surface area (Å²) in [4.78, 5) is 19.2. The summed E-state index contributed by atoms with van der Waals surface area (Å²) in [6, 6.07) is 10.1. The average molecular weight is 452 g/mol. The van der Waals surface area contributed by atoms with Crippen molar-refractivity contribution in [2.24, 2.45) is 5.92 Å². The van der Waals surface area contributed by atoms with Crippen molar-refractivity contribution in [1.29, 1.82) is 0 Å². The normalized spacial score (nSPS) is 15.7. The minimum absolute atomic E-state index is 0.0518. The summed E-state index contributed by atoms with van der Waals surface area (Å²) in [5, 5.41) is 7.77. The van der Waals surface area contributed by atoms with E-state index in [-0.39, 0.29) is 17.7 Å². The number of benzene rings is 1. The maximum Gasteiger partial charge on any atom is 0.288 e. The molecule has 2 aromatic heterocycles. The predicted octanol–water partition coefficient (Wildman–Crippen LogP) is 3.62. The number of nitrogens with one attached hydrogen (secondary N) is 1. The molecule has 176 valence electrons. The van der Waals surface area contributed by atoms with Crippen molar-refractivity contribution in [3.05, 3.63) is 48.0 Å². The Balaban J connectivity index is 1.46. The second-order valence-electron chi connectivity index (χ2n) is 8.96. The number of oxazole rings is 1. The van der Waals surface area contributed by atoms with E-state index in [0.717, 1.165) is 61.9 Å². The molecule has 1 aliphatic heterocycles. The number of carbonyl (C=O) groups excluding carboxylic acids is 1. The first-order chi connectivity index (χ1) is 15.9. The summed E-state index contributed by atoms with van der Waals surface area (Å²) in [7, 11) is 0. The number of aromatic nitrogens is 3. The summed E-state index contributed by atoms with van der Waals surface area (Å²) in [5.41, 5.74) is 3.83. The first-order valence-corrected chi connectivity index (χ1v) is 11.6. The van der Waals surface area contributed by atoms with Crippen LogP contribution < -0.4 is 5.32 Å². The van der Waals surface area contributed by atoms with Gasteiger partial charge < -0.3 is 14.5 Å². The Morgan fingerprint density at radius 2 is 1.88 bits per heavy atom. The van der Waals surface area contributed by atoms with Crippen molar-refractivity contribution in [1.82, 2.24) is 25.0 Å². The Kier molecular flexibility index (Phi) is 7.25. The largest absolute Gasteiger partial charge is 0.431 e. The lowest BCUT2D eigenvalue weighted by Crippen LogP contribution is -2.38. The lowest BCUT2D eigenvalue weighted by atomic mass is 10.1. The summed E-state index contributed by atoms with van der Waals surface area (Å²) >= 11 is 0. The summed E-state index contributed by atoms with van der Waals surface area (Å²) in [6.07, 6.45) is 1.48. The van der Waals surface area contributed by atoms with Crippen LogP contribution in [-0.2, 0) is 11.3 Å². The van der Waals surface area contributed by atoms with Crippen molar-refractivity contribution in [2.45, 2.75) is 40.3 Å². The molecule has 8 nitrogen and oxygen atoms in total. The molecule has 0 aliphatic carbocycles. The molecule has 3 aromatic rings. The fraction of sp³-hybridized carbons (Fsp3) is 0.480. The van der Waals surface area contributed by atoms with E-state index in [1.807, 2.05) is 31.2 Å². The SMILES string of the molecule is Cc1cc(-c2cccc(-c3ncc(C(=O)NC(C)C(C)C)o3)c2)nn1CCN1CCOCC1. The summed E-state index contributed by atoms with van der Waals surface area (Å²) in [5.74, 6) is 0.722. The Morgan fingerprint density at radius 3 is 2.64 bits per heavy atom. The molecule has 33 heavy (non-hydrogen) atoms. The van der Waals surface area contributed by atoms with Gasteiger partial charge in [0.2, 0.25) is 11.7 Å². The van der Waals surface area contributed by atoms with Gasteiger partial charge in [-0.1, -0.05) is 26.0 Å². The third-order valence-corrected chi connectivity index (χ3v) is 6.21. The molecule has 1 amide bonds. The smallest absolute Gasteiger partial charge is 0.288 e. The molecule has 1 atom stereocenters. The van der Waals surface area contributed by atoms with Crippen LogP contribution in [0.5, 0.6) is 0 Å². The maximum absolute atomic E-state index is 12.4. The fourth-order valence-corrected chi connectivity index (χ4v) is 3.71. The first kappa shape index (κ1) is 23.2. The molecule has 0 radical (unpaired) electrons. The Bertz CT molecular complexity index is 1080. The standard InChI is InChI=1S/C25H33N5O3/c1-17(2)19(4)27-24(31)23-16-26-25(33-23)21-7-5-6-20(15-21)22-14-18(3)30(28-22)9-8-29-10-12-32-13-11-29/h5-7,14-17,19H,8-13H2,1-4H3,(H,27,31). The molecule has 1 saturated heterocycles. The number of aryl methyl sites for hydroxylation is 1. The van der Waals surface area contributed by atoms with Crippen LogP contribution in [0.1, 0.15) is 37.0 Å². The zero-order valence-corrected chi connectivity index (χ0v) is 19.9. The van der Waals surface area contributed by atoms with Crippen molar-refractivity contribution in [3.8, 4) is 22.7 Å². The van der Waals surface area contributed by atoms with Gasteiger partial charge >= 0.3 is 0 Å². The Labute approximate surface area is 194 Å². The van der Waals surface area contributed by atoms with Crippen LogP contribution >= 0.6 is 0 Å². The summed E-state index contributed by atoms with van der Waals surface area (Å²) in [6.45, 7) is 13.5. The number of morpholine rings is 1. The van der Waals surface area contributed by atoms with Crippen LogP contribution in [0.4, 0.5) is 0 Å². The lowest BCUT2D eigenvalue weighted by molar-refractivity contribution is 0.0359. The second kappa shape index (κ2) is 10.3. The molecule has 1 unspecified atom stereocenters. The topological polar surface area (TPSA) is 85.4 Å². The zero-order valence-electron chi connectivity index (χ0n) is 19.9. The number of hydrogen-bond donors (Lipinski definition) is 1. The minimum atomic E-state index is -0.249. The van der Waals surface area contributed by atoms with Gasteiger partial charge in [-0.3, -0.25) is 14.4 Å². The highest BCUT2D eigenvalue weighted by Crippen LogP contribution is 2.26. The number of rotatable bonds is 8. The molecule has 0 bridgehead atoms. The molecule has 3 heterocycles. The third-order valence-electron chi connectivity index (χ3n) is 6.21. The molecule has 0 saturated carbocycles. The average Bonchev–Trinajstić information content (AvgIpc) is 3.46. The van der Waals surface area contributed by atoms with Crippen LogP contribution in [0.3, 0.4) is 0 Å². The van der Waals surface area contributed by atoms with Gasteiger partial charge in [-0.15, -0.1) is 0 Å². The van der Waals surface area contributed by atoms with Gasteiger partial charge in [-0.25, -0.2) is 4.98 Å². The zero-order chi connectivity index (χ0) is 23.4. The molecular weight excluding hydrogens is 418 g/mol. The second-order valence-corrected chi connectivity index (χ2v) is 8.96. The third kappa shape index (κ3) is 5.69. The number of nitrogens with zero attached hydrogens (tertiary/aromatic N) is 4. The predicted molar refractivity (Wildman–Crippen MR) is 127 cm³/mol. The van der Waals surface area contributed by atoms with Crippen molar-refractivity contribution >= 4 is 5.91 Å². The van der Waals surface area contributed by atoms with Crippen molar-refractivity contribution < 1.29 is 13.9 Å². The van der Waals surface area contributed by atoms with Crippen LogP contribution in [-0.4, -0.2) is 64.5 Å². The van der Waals surface area contributed by atoms with Gasteiger partial charge in [-0.05, 0) is 38.0 Å². The number of hydrogen-bond acceptors (Lipinski definition) is 6. The van der Waals surface area contributed by atoms with Gasteiger partial charge in [-0.2, -0.15) is 5.10 Å². The molecule has 4 rings (SSSR count). The molecule has 0 spiro atoms. The van der Waals surface area contributed by atoms with E-state index in [1.54, 1.807) is 0 Å². The first-order valence-electron chi connectivity index (χ1n) is 11.6. The van der Waals surface area contributed by atoms with Gasteiger partial charge in [0, 0.05) is 42.5 Å². The van der Waals surface area contributed by atoms with E-state index < -0.39 is 0 Å². The number of carbonyl (C=O) groups is 1. The van der Waals surface area contributed by atoms with E-state index >= 15 is 0 Å². The van der Waals surface area contributed by atoms with Crippen LogP contribution in [0.15, 0.2) is 40.9 Å². The molecule has 1 N–H and O–H groups in total. The highest BCUT2D eigenvalue weighted by molar-refractivity contribution is 5.91. The molecular formula is C25H33N5O3. The van der Waals surface area contributed by atoms with Gasteiger partial charge in [0.25, 0.3) is 5.91 Å².